The van der Waals surface area contributed by atoms with Crippen molar-refractivity contribution in [2.75, 3.05) is 0 Å². The Hall–Kier alpha value is -2.63. The average molecular weight is 326 g/mol. The van der Waals surface area contributed by atoms with Gasteiger partial charge in [-0.2, -0.15) is 5.10 Å². The highest BCUT2D eigenvalue weighted by molar-refractivity contribution is 5.95. The molecule has 0 bridgehead atoms. The summed E-state index contributed by atoms with van der Waals surface area (Å²) in [6.07, 6.45) is 9.22. The number of amides is 1. The lowest BCUT2D eigenvalue weighted by Gasteiger charge is -2.26. The normalized spacial score (nSPS) is 21.2. The standard InChI is InChI=1S/C18H19FN4O/c19-13-3-6-15-16(9-21-17(15)7-13)12-8-22-23(10-12)14-4-1-11(2-5-14)18(20)24/h3,6-11,14,21H,1-2,4-5H2,(H2,20,24). The van der Waals surface area contributed by atoms with E-state index >= 15 is 0 Å². The summed E-state index contributed by atoms with van der Waals surface area (Å²) < 4.78 is 15.3. The number of hydrogen-bond acceptors (Lipinski definition) is 2. The molecule has 0 saturated heterocycles. The fraction of sp³-hybridized carbons (Fsp3) is 0.333. The van der Waals surface area contributed by atoms with Gasteiger partial charge in [0.15, 0.2) is 0 Å². The summed E-state index contributed by atoms with van der Waals surface area (Å²) >= 11 is 0. The molecule has 0 radical (unpaired) electrons. The minimum absolute atomic E-state index is 0.000188. The number of aromatic nitrogens is 3. The lowest BCUT2D eigenvalue weighted by molar-refractivity contribution is -0.122. The maximum atomic E-state index is 13.3. The zero-order chi connectivity index (χ0) is 16.7. The van der Waals surface area contributed by atoms with Crippen molar-refractivity contribution in [1.29, 1.82) is 0 Å². The number of primary amides is 1. The fourth-order valence-electron chi connectivity index (χ4n) is 3.64. The Balaban J connectivity index is 1.57. The fourth-order valence-corrected chi connectivity index (χ4v) is 3.64. The predicted octanol–water partition coefficient (Wildman–Crippen LogP) is 3.39. The minimum atomic E-state index is -0.252. The second-order valence-electron chi connectivity index (χ2n) is 6.51. The Morgan fingerprint density at radius 1 is 1.29 bits per heavy atom. The van der Waals surface area contributed by atoms with Crippen LogP contribution in [-0.2, 0) is 4.79 Å². The van der Waals surface area contributed by atoms with E-state index in [2.05, 4.69) is 10.1 Å². The molecule has 1 aromatic carbocycles. The molecule has 5 nitrogen and oxygen atoms in total. The lowest BCUT2D eigenvalue weighted by Crippen LogP contribution is -2.28. The highest BCUT2D eigenvalue weighted by atomic mass is 19.1. The number of rotatable bonds is 3. The molecule has 0 atom stereocenters. The van der Waals surface area contributed by atoms with Crippen molar-refractivity contribution in [1.82, 2.24) is 14.8 Å². The third-order valence-corrected chi connectivity index (χ3v) is 5.03. The molecule has 2 heterocycles. The van der Waals surface area contributed by atoms with Crippen molar-refractivity contribution >= 4 is 16.8 Å². The van der Waals surface area contributed by atoms with Gasteiger partial charge in [0.2, 0.25) is 5.91 Å². The zero-order valence-electron chi connectivity index (χ0n) is 13.2. The van der Waals surface area contributed by atoms with Gasteiger partial charge in [-0.15, -0.1) is 0 Å². The first-order valence-electron chi connectivity index (χ1n) is 8.22. The van der Waals surface area contributed by atoms with Crippen LogP contribution >= 0.6 is 0 Å². The second-order valence-corrected chi connectivity index (χ2v) is 6.51. The van der Waals surface area contributed by atoms with Crippen molar-refractivity contribution in [2.45, 2.75) is 31.7 Å². The Bertz CT molecular complexity index is 889. The second kappa shape index (κ2) is 5.78. The number of benzene rings is 1. The van der Waals surface area contributed by atoms with Gasteiger partial charge in [-0.25, -0.2) is 4.39 Å². The van der Waals surface area contributed by atoms with Crippen LogP contribution in [0.4, 0.5) is 4.39 Å². The Labute approximate surface area is 138 Å². The first-order chi connectivity index (χ1) is 11.6. The van der Waals surface area contributed by atoms with E-state index in [1.165, 1.54) is 12.1 Å². The van der Waals surface area contributed by atoms with Gasteiger partial charge in [0.05, 0.1) is 12.2 Å². The molecule has 1 amide bonds. The molecule has 0 aliphatic heterocycles. The number of H-pyrrole nitrogens is 1. The summed E-state index contributed by atoms with van der Waals surface area (Å²) in [6, 6.07) is 5.05. The van der Waals surface area contributed by atoms with Crippen molar-refractivity contribution in [3.05, 3.63) is 42.6 Å². The number of carbonyl (C=O) groups is 1. The van der Waals surface area contributed by atoms with Gasteiger partial charge < -0.3 is 10.7 Å². The van der Waals surface area contributed by atoms with Gasteiger partial charge in [-0.3, -0.25) is 9.48 Å². The van der Waals surface area contributed by atoms with Gasteiger partial charge in [-0.1, -0.05) is 0 Å². The Kier molecular flexibility index (Phi) is 3.59. The molecule has 3 aromatic rings. The lowest BCUT2D eigenvalue weighted by atomic mass is 9.86. The van der Waals surface area contributed by atoms with E-state index < -0.39 is 0 Å². The molecule has 1 saturated carbocycles. The van der Waals surface area contributed by atoms with Gasteiger partial charge in [0, 0.05) is 40.3 Å². The van der Waals surface area contributed by atoms with Crippen LogP contribution in [0.5, 0.6) is 0 Å². The number of hydrogen-bond donors (Lipinski definition) is 2. The number of aromatic amines is 1. The van der Waals surface area contributed by atoms with E-state index in [1.54, 1.807) is 6.07 Å². The number of nitrogens with two attached hydrogens (primary N) is 1. The third kappa shape index (κ3) is 2.58. The molecule has 6 heteroatoms. The summed E-state index contributed by atoms with van der Waals surface area (Å²) in [7, 11) is 0. The summed E-state index contributed by atoms with van der Waals surface area (Å²) in [4.78, 5) is 14.4. The summed E-state index contributed by atoms with van der Waals surface area (Å²) in [5.41, 5.74) is 8.19. The zero-order valence-corrected chi connectivity index (χ0v) is 13.2. The molecule has 0 spiro atoms. The van der Waals surface area contributed by atoms with E-state index in [9.17, 15) is 9.18 Å². The molecule has 3 N–H and O–H groups in total. The molecule has 0 unspecified atom stereocenters. The maximum absolute atomic E-state index is 13.3. The third-order valence-electron chi connectivity index (χ3n) is 5.03. The number of halogens is 1. The molecule has 1 aliphatic rings. The molecular weight excluding hydrogens is 307 g/mol. The van der Waals surface area contributed by atoms with E-state index in [-0.39, 0.29) is 17.6 Å². The van der Waals surface area contributed by atoms with Gasteiger partial charge >= 0.3 is 0 Å². The van der Waals surface area contributed by atoms with E-state index in [1.807, 2.05) is 23.3 Å². The highest BCUT2D eigenvalue weighted by Crippen LogP contribution is 2.34. The first-order valence-corrected chi connectivity index (χ1v) is 8.22. The number of carbonyl (C=O) groups excluding carboxylic acids is 1. The molecule has 4 rings (SSSR count). The van der Waals surface area contributed by atoms with Crippen molar-refractivity contribution in [2.24, 2.45) is 11.7 Å². The molecule has 24 heavy (non-hydrogen) atoms. The Morgan fingerprint density at radius 2 is 2.08 bits per heavy atom. The van der Waals surface area contributed by atoms with E-state index in [0.717, 1.165) is 47.7 Å². The van der Waals surface area contributed by atoms with Crippen LogP contribution < -0.4 is 5.73 Å². The summed E-state index contributed by atoms with van der Waals surface area (Å²) in [6.45, 7) is 0. The summed E-state index contributed by atoms with van der Waals surface area (Å²) in [5, 5.41) is 5.48. The first kappa shape index (κ1) is 14.9. The maximum Gasteiger partial charge on any atom is 0.220 e. The Morgan fingerprint density at radius 3 is 2.83 bits per heavy atom. The van der Waals surface area contributed by atoms with Crippen LogP contribution in [0, 0.1) is 11.7 Å². The van der Waals surface area contributed by atoms with Gasteiger partial charge in [-0.05, 0) is 43.9 Å². The molecule has 1 aliphatic carbocycles. The van der Waals surface area contributed by atoms with Crippen molar-refractivity contribution in [3.8, 4) is 11.1 Å². The van der Waals surface area contributed by atoms with Crippen LogP contribution in [-0.4, -0.2) is 20.7 Å². The monoisotopic (exact) mass is 326 g/mol. The minimum Gasteiger partial charge on any atom is -0.369 e. The van der Waals surface area contributed by atoms with Crippen LogP contribution in [0.3, 0.4) is 0 Å². The van der Waals surface area contributed by atoms with Crippen molar-refractivity contribution in [3.63, 3.8) is 0 Å². The quantitative estimate of drug-likeness (QED) is 0.774. The average Bonchev–Trinajstić information content (AvgIpc) is 3.21. The van der Waals surface area contributed by atoms with Crippen LogP contribution in [0.2, 0.25) is 0 Å². The van der Waals surface area contributed by atoms with Gasteiger partial charge in [0.25, 0.3) is 0 Å². The smallest absolute Gasteiger partial charge is 0.220 e. The van der Waals surface area contributed by atoms with E-state index in [0.29, 0.717) is 6.04 Å². The van der Waals surface area contributed by atoms with Crippen molar-refractivity contribution < 1.29 is 9.18 Å². The molecule has 1 fully saturated rings. The predicted molar refractivity (Wildman–Crippen MR) is 89.7 cm³/mol. The molecule has 2 aromatic heterocycles. The number of nitrogens with zero attached hydrogens (tertiary/aromatic N) is 2. The number of nitrogens with one attached hydrogen (secondary N) is 1. The SMILES string of the molecule is NC(=O)C1CCC(n2cc(-c3c[nH]c4cc(F)ccc34)cn2)CC1. The topological polar surface area (TPSA) is 76.7 Å². The highest BCUT2D eigenvalue weighted by Gasteiger charge is 2.26. The number of fused-ring (bicyclic) bond motifs is 1. The van der Waals surface area contributed by atoms with Gasteiger partial charge in [0.1, 0.15) is 5.82 Å². The largest absolute Gasteiger partial charge is 0.369 e. The van der Waals surface area contributed by atoms with Crippen LogP contribution in [0.15, 0.2) is 36.8 Å². The van der Waals surface area contributed by atoms with Crippen LogP contribution in [0.25, 0.3) is 22.0 Å². The van der Waals surface area contributed by atoms with Crippen LogP contribution in [0.1, 0.15) is 31.7 Å². The summed E-state index contributed by atoms with van der Waals surface area (Å²) in [5.74, 6) is -0.446. The molecule has 124 valence electrons. The van der Waals surface area contributed by atoms with E-state index in [4.69, 9.17) is 5.73 Å². The molecular formula is C18H19FN4O.